The molecule has 4 heteroatoms. The number of methoxy groups -OCH3 is 2. The topological polar surface area (TPSA) is 38.8 Å². The molecule has 0 aliphatic rings. The van der Waals surface area contributed by atoms with Crippen LogP contribution in [0, 0.1) is 6.92 Å². The number of benzene rings is 2. The zero-order valence-electron chi connectivity index (χ0n) is 15.5. The van der Waals surface area contributed by atoms with E-state index >= 15 is 0 Å². The van der Waals surface area contributed by atoms with E-state index in [-0.39, 0.29) is 5.91 Å². The fourth-order valence-electron chi connectivity index (χ4n) is 2.91. The van der Waals surface area contributed by atoms with Crippen molar-refractivity contribution >= 4 is 5.91 Å². The predicted octanol–water partition coefficient (Wildman–Crippen LogP) is 4.11. The van der Waals surface area contributed by atoms with Crippen molar-refractivity contribution in [2.45, 2.75) is 26.7 Å². The molecule has 25 heavy (non-hydrogen) atoms. The second-order valence-corrected chi connectivity index (χ2v) is 5.98. The van der Waals surface area contributed by atoms with Gasteiger partial charge in [-0.3, -0.25) is 4.79 Å². The highest BCUT2D eigenvalue weighted by molar-refractivity contribution is 5.95. The molecule has 134 valence electrons. The number of hydrogen-bond donors (Lipinski definition) is 0. The Kier molecular flexibility index (Phi) is 6.87. The molecule has 0 heterocycles. The molecule has 0 spiro atoms. The van der Waals surface area contributed by atoms with Crippen LogP contribution in [-0.4, -0.2) is 38.1 Å². The van der Waals surface area contributed by atoms with Crippen molar-refractivity contribution in [3.05, 3.63) is 59.2 Å². The van der Waals surface area contributed by atoms with Gasteiger partial charge in [0, 0.05) is 24.2 Å². The minimum atomic E-state index is 0.00663. The number of carbonyl (C=O) groups is 1. The largest absolute Gasteiger partial charge is 0.496 e. The summed E-state index contributed by atoms with van der Waals surface area (Å²) in [5.74, 6) is 1.35. The molecule has 0 fully saturated rings. The van der Waals surface area contributed by atoms with Crippen molar-refractivity contribution in [2.75, 3.05) is 27.3 Å². The van der Waals surface area contributed by atoms with E-state index in [2.05, 4.69) is 12.1 Å². The van der Waals surface area contributed by atoms with Crippen LogP contribution < -0.4 is 9.47 Å². The number of hydrogen-bond acceptors (Lipinski definition) is 3. The Hall–Kier alpha value is -2.49. The smallest absolute Gasteiger partial charge is 0.254 e. The molecule has 0 radical (unpaired) electrons. The van der Waals surface area contributed by atoms with Crippen molar-refractivity contribution in [3.8, 4) is 11.5 Å². The maximum Gasteiger partial charge on any atom is 0.254 e. The lowest BCUT2D eigenvalue weighted by molar-refractivity contribution is 0.0762. The molecular weight excluding hydrogens is 314 g/mol. The van der Waals surface area contributed by atoms with E-state index in [1.54, 1.807) is 26.4 Å². The Balaban J connectivity index is 2.08. The molecule has 0 aliphatic carbocycles. The monoisotopic (exact) mass is 341 g/mol. The minimum absolute atomic E-state index is 0.00663. The van der Waals surface area contributed by atoms with Crippen LogP contribution in [0.15, 0.2) is 42.5 Å². The van der Waals surface area contributed by atoms with Gasteiger partial charge in [-0.1, -0.05) is 30.3 Å². The summed E-state index contributed by atoms with van der Waals surface area (Å²) in [4.78, 5) is 14.7. The zero-order valence-corrected chi connectivity index (χ0v) is 15.5. The van der Waals surface area contributed by atoms with Gasteiger partial charge in [-0.25, -0.2) is 0 Å². The summed E-state index contributed by atoms with van der Waals surface area (Å²) in [6, 6.07) is 13.9. The Morgan fingerprint density at radius 3 is 2.16 bits per heavy atom. The molecule has 0 aromatic heterocycles. The van der Waals surface area contributed by atoms with Crippen LogP contribution in [0.3, 0.4) is 0 Å². The number of ether oxygens (including phenoxy) is 2. The lowest BCUT2D eigenvalue weighted by Crippen LogP contribution is -2.32. The van der Waals surface area contributed by atoms with E-state index in [0.717, 1.165) is 24.9 Å². The van der Waals surface area contributed by atoms with Crippen LogP contribution in [0.25, 0.3) is 0 Å². The summed E-state index contributed by atoms with van der Waals surface area (Å²) in [7, 11) is 3.21. The normalized spacial score (nSPS) is 10.4. The van der Waals surface area contributed by atoms with Crippen molar-refractivity contribution in [3.63, 3.8) is 0 Å². The minimum Gasteiger partial charge on any atom is -0.496 e. The molecule has 1 amide bonds. The van der Waals surface area contributed by atoms with Crippen LogP contribution in [0.1, 0.15) is 34.8 Å². The fraction of sp³-hybridized carbons (Fsp3) is 0.381. The van der Waals surface area contributed by atoms with Crippen molar-refractivity contribution in [1.82, 2.24) is 4.90 Å². The Labute approximate surface area is 150 Å². The van der Waals surface area contributed by atoms with Crippen molar-refractivity contribution in [2.24, 2.45) is 0 Å². The first-order chi connectivity index (χ1) is 12.1. The van der Waals surface area contributed by atoms with Gasteiger partial charge in [0.05, 0.1) is 14.2 Å². The van der Waals surface area contributed by atoms with Crippen LogP contribution >= 0.6 is 0 Å². The molecular formula is C21H27NO3. The highest BCUT2D eigenvalue weighted by Gasteiger charge is 2.18. The van der Waals surface area contributed by atoms with E-state index in [4.69, 9.17) is 9.47 Å². The Bertz CT molecular complexity index is 673. The first-order valence-corrected chi connectivity index (χ1v) is 8.66. The first-order valence-electron chi connectivity index (χ1n) is 8.66. The fourth-order valence-corrected chi connectivity index (χ4v) is 2.91. The summed E-state index contributed by atoms with van der Waals surface area (Å²) in [6.07, 6.45) is 1.90. The summed E-state index contributed by atoms with van der Waals surface area (Å²) in [5, 5.41) is 0. The van der Waals surface area contributed by atoms with Gasteiger partial charge in [-0.15, -0.1) is 0 Å². The second kappa shape index (κ2) is 9.11. The lowest BCUT2D eigenvalue weighted by atomic mass is 10.1. The third kappa shape index (κ3) is 4.75. The highest BCUT2D eigenvalue weighted by Crippen LogP contribution is 2.30. The maximum absolute atomic E-state index is 12.9. The van der Waals surface area contributed by atoms with Crippen LogP contribution in [0.5, 0.6) is 11.5 Å². The summed E-state index contributed by atoms with van der Waals surface area (Å²) >= 11 is 0. The number of amides is 1. The molecule has 0 unspecified atom stereocenters. The average Bonchev–Trinajstić information content (AvgIpc) is 2.65. The molecule has 2 aromatic carbocycles. The predicted molar refractivity (Wildman–Crippen MR) is 101 cm³/mol. The number of nitrogens with zero attached hydrogens (tertiary/aromatic N) is 1. The third-order valence-electron chi connectivity index (χ3n) is 4.40. The molecule has 0 N–H and O–H groups in total. The second-order valence-electron chi connectivity index (χ2n) is 5.98. The number of rotatable bonds is 8. The van der Waals surface area contributed by atoms with Crippen LogP contribution in [-0.2, 0) is 6.42 Å². The van der Waals surface area contributed by atoms with Crippen molar-refractivity contribution in [1.29, 1.82) is 0 Å². The van der Waals surface area contributed by atoms with E-state index in [9.17, 15) is 4.79 Å². The van der Waals surface area contributed by atoms with Gasteiger partial charge in [-0.2, -0.15) is 0 Å². The van der Waals surface area contributed by atoms with Gasteiger partial charge in [0.2, 0.25) is 0 Å². The molecule has 4 nitrogen and oxygen atoms in total. The maximum atomic E-state index is 12.9. The SMILES string of the molecule is CCN(CCCc1ccccc1)C(=O)c1cc(OC)c(C)c(OC)c1. The molecule has 2 aromatic rings. The Morgan fingerprint density at radius 2 is 1.64 bits per heavy atom. The van der Waals surface area contributed by atoms with E-state index in [1.165, 1.54) is 5.56 Å². The van der Waals surface area contributed by atoms with E-state index in [1.807, 2.05) is 36.9 Å². The highest BCUT2D eigenvalue weighted by atomic mass is 16.5. The van der Waals surface area contributed by atoms with E-state index < -0.39 is 0 Å². The molecule has 0 saturated carbocycles. The van der Waals surface area contributed by atoms with Crippen LogP contribution in [0.2, 0.25) is 0 Å². The van der Waals surface area contributed by atoms with Gasteiger partial charge in [-0.05, 0) is 44.4 Å². The van der Waals surface area contributed by atoms with Gasteiger partial charge in [0.15, 0.2) is 0 Å². The van der Waals surface area contributed by atoms with Crippen molar-refractivity contribution < 1.29 is 14.3 Å². The molecule has 0 saturated heterocycles. The van der Waals surface area contributed by atoms with Crippen LogP contribution in [0.4, 0.5) is 0 Å². The number of carbonyl (C=O) groups excluding carboxylic acids is 1. The quantitative estimate of drug-likeness (QED) is 0.725. The molecule has 0 bridgehead atoms. The average molecular weight is 341 g/mol. The van der Waals surface area contributed by atoms with Gasteiger partial charge >= 0.3 is 0 Å². The summed E-state index contributed by atoms with van der Waals surface area (Å²) in [5.41, 5.74) is 2.79. The molecule has 0 aliphatic heterocycles. The Morgan fingerprint density at radius 1 is 1.04 bits per heavy atom. The lowest BCUT2D eigenvalue weighted by Gasteiger charge is -2.22. The standard InChI is InChI=1S/C21H27NO3/c1-5-22(13-9-12-17-10-7-6-8-11-17)21(23)18-14-19(24-3)16(2)20(15-18)25-4/h6-8,10-11,14-15H,5,9,12-13H2,1-4H3. The summed E-state index contributed by atoms with van der Waals surface area (Å²) < 4.78 is 10.8. The first kappa shape index (κ1) is 18.8. The summed E-state index contributed by atoms with van der Waals surface area (Å²) in [6.45, 7) is 5.32. The van der Waals surface area contributed by atoms with E-state index in [0.29, 0.717) is 23.6 Å². The van der Waals surface area contributed by atoms with Gasteiger partial charge in [0.1, 0.15) is 11.5 Å². The molecule has 2 rings (SSSR count). The molecule has 0 atom stereocenters. The van der Waals surface area contributed by atoms with Gasteiger partial charge < -0.3 is 14.4 Å². The van der Waals surface area contributed by atoms with Gasteiger partial charge in [0.25, 0.3) is 5.91 Å². The zero-order chi connectivity index (χ0) is 18.2. The number of aryl methyl sites for hydroxylation is 1. The third-order valence-corrected chi connectivity index (χ3v) is 4.40.